The van der Waals surface area contributed by atoms with Gasteiger partial charge in [-0.25, -0.2) is 14.0 Å². The lowest BCUT2D eigenvalue weighted by atomic mass is 10.1. The first-order valence-corrected chi connectivity index (χ1v) is 10.0. The predicted octanol–water partition coefficient (Wildman–Crippen LogP) is 4.61. The molecule has 3 rings (SSSR count). The zero-order valence-electron chi connectivity index (χ0n) is 16.5. The van der Waals surface area contributed by atoms with Crippen LogP contribution in [0.1, 0.15) is 5.56 Å². The molecule has 0 amide bonds. The third-order valence-electron chi connectivity index (χ3n) is 4.30. The van der Waals surface area contributed by atoms with Gasteiger partial charge >= 0.3 is 11.9 Å². The monoisotopic (exact) mass is 425 g/mol. The molecular weight excluding hydrogens is 405 g/mol. The Kier molecular flexibility index (Phi) is 7.08. The molecule has 0 fully saturated rings. The molecule has 1 heterocycles. The number of anilines is 1. The van der Waals surface area contributed by atoms with Gasteiger partial charge in [0, 0.05) is 16.8 Å². The van der Waals surface area contributed by atoms with Crippen molar-refractivity contribution in [3.63, 3.8) is 0 Å². The molecule has 2 aromatic carbocycles. The molecule has 7 heteroatoms. The summed E-state index contributed by atoms with van der Waals surface area (Å²) in [7, 11) is 2.51. The number of benzene rings is 2. The molecule has 0 spiro atoms. The van der Waals surface area contributed by atoms with Crippen molar-refractivity contribution in [2.24, 2.45) is 0 Å². The van der Waals surface area contributed by atoms with Gasteiger partial charge in [-0.15, -0.1) is 11.8 Å². The number of carbonyl (C=O) groups excluding carboxylic acids is 2. The molecule has 0 saturated heterocycles. The van der Waals surface area contributed by atoms with Gasteiger partial charge in [-0.2, -0.15) is 0 Å². The Balaban J connectivity index is 2.02. The van der Waals surface area contributed by atoms with Crippen LogP contribution in [0.25, 0.3) is 0 Å². The van der Waals surface area contributed by atoms with Crippen molar-refractivity contribution in [1.82, 2.24) is 0 Å². The Bertz CT molecular complexity index is 1050. The SMILES string of the molecule is COC(=O)C1=C(C(=O)OC)N(c2ccccc2SCc2cccc(F)c2)C=CC=C1. The number of ether oxygens (including phenoxy) is 2. The summed E-state index contributed by atoms with van der Waals surface area (Å²) in [5, 5.41) is 0. The van der Waals surface area contributed by atoms with E-state index in [0.717, 1.165) is 10.5 Å². The topological polar surface area (TPSA) is 55.8 Å². The average molecular weight is 425 g/mol. The number of allylic oxidation sites excluding steroid dienone is 2. The highest BCUT2D eigenvalue weighted by Gasteiger charge is 2.28. The van der Waals surface area contributed by atoms with Crippen molar-refractivity contribution < 1.29 is 23.5 Å². The smallest absolute Gasteiger partial charge is 0.355 e. The normalized spacial score (nSPS) is 13.2. The number of rotatable bonds is 6. The lowest BCUT2D eigenvalue weighted by Crippen LogP contribution is -2.27. The number of hydrogen-bond acceptors (Lipinski definition) is 6. The highest BCUT2D eigenvalue weighted by molar-refractivity contribution is 7.98. The number of carbonyl (C=O) groups is 2. The number of methoxy groups -OCH3 is 2. The third-order valence-corrected chi connectivity index (χ3v) is 5.43. The van der Waals surface area contributed by atoms with Gasteiger partial charge in [0.25, 0.3) is 0 Å². The molecule has 0 aromatic heterocycles. The quantitative estimate of drug-likeness (QED) is 0.498. The lowest BCUT2D eigenvalue weighted by molar-refractivity contribution is -0.139. The van der Waals surface area contributed by atoms with Crippen LogP contribution in [-0.2, 0) is 24.8 Å². The van der Waals surface area contributed by atoms with E-state index in [1.807, 2.05) is 30.3 Å². The minimum atomic E-state index is -0.670. The molecule has 0 bridgehead atoms. The second kappa shape index (κ2) is 9.93. The fourth-order valence-corrected chi connectivity index (χ4v) is 3.91. The van der Waals surface area contributed by atoms with Crippen LogP contribution in [0.4, 0.5) is 10.1 Å². The van der Waals surface area contributed by atoms with Crippen molar-refractivity contribution in [3.8, 4) is 0 Å². The standard InChI is InChI=1S/C23H20FNO4S/c1-28-22(26)18-10-5-6-13-25(21(18)23(27)29-2)19-11-3-4-12-20(19)30-15-16-8-7-9-17(24)14-16/h3-14H,15H2,1-2H3. The maximum atomic E-state index is 13.5. The molecule has 1 aliphatic rings. The third kappa shape index (κ3) is 4.80. The van der Waals surface area contributed by atoms with E-state index in [4.69, 9.17) is 9.47 Å². The molecule has 0 aliphatic carbocycles. The van der Waals surface area contributed by atoms with E-state index < -0.39 is 11.9 Å². The van der Waals surface area contributed by atoms with Crippen molar-refractivity contribution >= 4 is 29.4 Å². The Morgan fingerprint density at radius 1 is 1.00 bits per heavy atom. The Labute approximate surface area is 178 Å². The van der Waals surface area contributed by atoms with Crippen LogP contribution in [0.2, 0.25) is 0 Å². The first kappa shape index (κ1) is 21.4. The minimum Gasteiger partial charge on any atom is -0.465 e. The number of esters is 2. The zero-order chi connectivity index (χ0) is 21.5. The van der Waals surface area contributed by atoms with Crippen LogP contribution in [0.15, 0.2) is 89.1 Å². The van der Waals surface area contributed by atoms with E-state index in [1.165, 1.54) is 44.2 Å². The summed E-state index contributed by atoms with van der Waals surface area (Å²) in [4.78, 5) is 27.4. The molecule has 0 N–H and O–H groups in total. The van der Waals surface area contributed by atoms with Crippen LogP contribution in [0, 0.1) is 5.82 Å². The van der Waals surface area contributed by atoms with Gasteiger partial charge in [0.1, 0.15) is 11.5 Å². The highest BCUT2D eigenvalue weighted by Crippen LogP contribution is 2.36. The van der Waals surface area contributed by atoms with Gasteiger partial charge < -0.3 is 14.4 Å². The molecule has 5 nitrogen and oxygen atoms in total. The summed E-state index contributed by atoms with van der Waals surface area (Å²) in [5.41, 5.74) is 1.65. The number of hydrogen-bond donors (Lipinski definition) is 0. The van der Waals surface area contributed by atoms with Crippen molar-refractivity contribution in [2.45, 2.75) is 10.6 Å². The largest absolute Gasteiger partial charge is 0.465 e. The summed E-state index contributed by atoms with van der Waals surface area (Å²) in [6.45, 7) is 0. The van der Waals surface area contributed by atoms with Gasteiger partial charge in [-0.3, -0.25) is 0 Å². The number of thioether (sulfide) groups is 1. The van der Waals surface area contributed by atoms with E-state index in [1.54, 1.807) is 29.3 Å². The fourth-order valence-electron chi connectivity index (χ4n) is 2.92. The van der Waals surface area contributed by atoms with Gasteiger partial charge in [0.15, 0.2) is 0 Å². The molecule has 1 aliphatic heterocycles. The maximum absolute atomic E-state index is 13.5. The highest BCUT2D eigenvalue weighted by atomic mass is 32.2. The first-order valence-electron chi connectivity index (χ1n) is 9.06. The molecule has 0 radical (unpaired) electrons. The Morgan fingerprint density at radius 2 is 1.77 bits per heavy atom. The average Bonchev–Trinajstić information content (AvgIpc) is 3.00. The maximum Gasteiger partial charge on any atom is 0.355 e. The number of nitrogens with zero attached hydrogens (tertiary/aromatic N) is 1. The van der Waals surface area contributed by atoms with Crippen LogP contribution in [0.5, 0.6) is 0 Å². The second-order valence-corrected chi connectivity index (χ2v) is 7.22. The molecule has 30 heavy (non-hydrogen) atoms. The van der Waals surface area contributed by atoms with E-state index in [-0.39, 0.29) is 17.1 Å². The summed E-state index contributed by atoms with van der Waals surface area (Å²) < 4.78 is 23.3. The zero-order valence-corrected chi connectivity index (χ0v) is 17.3. The Morgan fingerprint density at radius 3 is 2.50 bits per heavy atom. The number of para-hydroxylation sites is 1. The van der Waals surface area contributed by atoms with Crippen LogP contribution >= 0.6 is 11.8 Å². The predicted molar refractivity (Wildman–Crippen MR) is 114 cm³/mol. The van der Waals surface area contributed by atoms with Crippen molar-refractivity contribution in [2.75, 3.05) is 19.1 Å². The van der Waals surface area contributed by atoms with Crippen LogP contribution < -0.4 is 4.90 Å². The summed E-state index contributed by atoms with van der Waals surface area (Å²) in [6.07, 6.45) is 6.56. The van der Waals surface area contributed by atoms with Gasteiger partial charge in [0.05, 0.1) is 25.5 Å². The van der Waals surface area contributed by atoms with Crippen molar-refractivity contribution in [1.29, 1.82) is 0 Å². The summed E-state index contributed by atoms with van der Waals surface area (Å²) >= 11 is 1.49. The van der Waals surface area contributed by atoms with E-state index in [0.29, 0.717) is 11.4 Å². The van der Waals surface area contributed by atoms with Gasteiger partial charge in [0.2, 0.25) is 0 Å². The molecule has 0 unspecified atom stereocenters. The van der Waals surface area contributed by atoms with Crippen molar-refractivity contribution in [3.05, 3.63) is 95.6 Å². The first-order chi connectivity index (χ1) is 14.5. The lowest BCUT2D eigenvalue weighted by Gasteiger charge is -2.25. The minimum absolute atomic E-state index is 0.0492. The molecular formula is C23H20FNO4S. The summed E-state index contributed by atoms with van der Waals surface area (Å²) in [5.74, 6) is -1.07. The van der Waals surface area contributed by atoms with Crippen LogP contribution in [0.3, 0.4) is 0 Å². The summed E-state index contributed by atoms with van der Waals surface area (Å²) in [6, 6.07) is 13.9. The number of halogens is 1. The van der Waals surface area contributed by atoms with Gasteiger partial charge in [-0.05, 0) is 42.0 Å². The van der Waals surface area contributed by atoms with Crippen LogP contribution in [-0.4, -0.2) is 26.2 Å². The molecule has 154 valence electrons. The van der Waals surface area contributed by atoms with E-state index >= 15 is 0 Å². The molecule has 2 aromatic rings. The fraction of sp³-hybridized carbons (Fsp3) is 0.130. The molecule has 0 saturated carbocycles. The molecule has 0 atom stereocenters. The van der Waals surface area contributed by atoms with E-state index in [9.17, 15) is 14.0 Å². The Hall–Kier alpha value is -3.32. The van der Waals surface area contributed by atoms with E-state index in [2.05, 4.69) is 0 Å². The van der Waals surface area contributed by atoms with Gasteiger partial charge in [-0.1, -0.05) is 30.3 Å². The second-order valence-electron chi connectivity index (χ2n) is 6.20.